The molecule has 3 aromatic carbocycles. The third-order valence-electron chi connectivity index (χ3n) is 7.42. The van der Waals surface area contributed by atoms with Gasteiger partial charge in [-0.1, -0.05) is 48.5 Å². The summed E-state index contributed by atoms with van der Waals surface area (Å²) in [7, 11) is 1.66. The molecule has 1 atom stereocenters. The van der Waals surface area contributed by atoms with Crippen molar-refractivity contribution >= 4 is 11.8 Å². The average Bonchev–Trinajstić information content (AvgIpc) is 3.52. The van der Waals surface area contributed by atoms with Gasteiger partial charge >= 0.3 is 0 Å². The summed E-state index contributed by atoms with van der Waals surface area (Å²) in [6.45, 7) is 1.52. The Kier molecular flexibility index (Phi) is 5.96. The van der Waals surface area contributed by atoms with Gasteiger partial charge in [0.2, 0.25) is 0 Å². The van der Waals surface area contributed by atoms with E-state index in [0.29, 0.717) is 25.3 Å². The summed E-state index contributed by atoms with van der Waals surface area (Å²) in [6, 6.07) is 23.8. The van der Waals surface area contributed by atoms with E-state index < -0.39 is 0 Å². The molecule has 2 aliphatic rings. The van der Waals surface area contributed by atoms with Gasteiger partial charge in [0.05, 0.1) is 12.8 Å². The number of carbonyl (C=O) groups is 2. The molecular weight excluding hydrogens is 464 g/mol. The second-order valence-electron chi connectivity index (χ2n) is 9.61. The fourth-order valence-electron chi connectivity index (χ4n) is 5.46. The Labute approximate surface area is 215 Å². The molecule has 7 nitrogen and oxygen atoms in total. The van der Waals surface area contributed by atoms with Gasteiger partial charge in [-0.3, -0.25) is 14.7 Å². The van der Waals surface area contributed by atoms with Gasteiger partial charge in [0.25, 0.3) is 11.8 Å². The standard InChI is InChI=1S/C30H28N4O3/c1-37-23-12-14-24-20(15-23)11-13-26-27(24)32-33-28(26)29(35)31-16-22(19-7-3-2-4-8-19)18-34-17-21-9-5-6-10-25(21)30(34)36/h2-10,12,14-15,22H,11,13,16-18H2,1H3,(H,31,35)(H,32,33). The number of amides is 2. The summed E-state index contributed by atoms with van der Waals surface area (Å²) in [5.74, 6) is 0.640. The molecule has 0 spiro atoms. The van der Waals surface area contributed by atoms with E-state index in [1.807, 2.05) is 77.7 Å². The van der Waals surface area contributed by atoms with Gasteiger partial charge < -0.3 is 15.0 Å². The van der Waals surface area contributed by atoms with E-state index in [9.17, 15) is 9.59 Å². The average molecular weight is 493 g/mol. The number of aromatic nitrogens is 2. The van der Waals surface area contributed by atoms with E-state index in [1.165, 1.54) is 5.56 Å². The maximum absolute atomic E-state index is 13.3. The molecule has 37 heavy (non-hydrogen) atoms. The maximum Gasteiger partial charge on any atom is 0.269 e. The van der Waals surface area contributed by atoms with Crippen molar-refractivity contribution in [3.8, 4) is 17.0 Å². The molecule has 2 N–H and O–H groups in total. The number of nitrogens with one attached hydrogen (secondary N) is 2. The number of methoxy groups -OCH3 is 1. The Morgan fingerprint density at radius 1 is 1.03 bits per heavy atom. The van der Waals surface area contributed by atoms with Crippen LogP contribution in [-0.4, -0.2) is 47.1 Å². The molecule has 0 bridgehead atoms. The minimum Gasteiger partial charge on any atom is -0.497 e. The van der Waals surface area contributed by atoms with Crippen LogP contribution in [-0.2, 0) is 19.4 Å². The first-order valence-electron chi connectivity index (χ1n) is 12.6. The highest BCUT2D eigenvalue weighted by Gasteiger charge is 2.30. The molecule has 1 unspecified atom stereocenters. The lowest BCUT2D eigenvalue weighted by Gasteiger charge is -2.24. The Hall–Kier alpha value is -4.39. The van der Waals surface area contributed by atoms with Gasteiger partial charge in [-0.2, -0.15) is 5.10 Å². The third-order valence-corrected chi connectivity index (χ3v) is 7.42. The Morgan fingerprint density at radius 2 is 1.84 bits per heavy atom. The number of benzene rings is 3. The lowest BCUT2D eigenvalue weighted by atomic mass is 9.88. The second-order valence-corrected chi connectivity index (χ2v) is 9.61. The number of hydrogen-bond donors (Lipinski definition) is 2. The van der Waals surface area contributed by atoms with Crippen LogP contribution < -0.4 is 10.1 Å². The van der Waals surface area contributed by atoms with Crippen LogP contribution in [0.1, 0.15) is 49.0 Å². The van der Waals surface area contributed by atoms with Crippen molar-refractivity contribution in [1.29, 1.82) is 0 Å². The van der Waals surface area contributed by atoms with Crippen molar-refractivity contribution in [3.63, 3.8) is 0 Å². The van der Waals surface area contributed by atoms with Crippen LogP contribution in [0.2, 0.25) is 0 Å². The van der Waals surface area contributed by atoms with Gasteiger partial charge in [0, 0.05) is 42.2 Å². The zero-order chi connectivity index (χ0) is 25.4. The predicted octanol–water partition coefficient (Wildman–Crippen LogP) is 4.35. The molecule has 0 fully saturated rings. The fraction of sp³-hybridized carbons (Fsp3) is 0.233. The first-order chi connectivity index (χ1) is 18.1. The van der Waals surface area contributed by atoms with Crippen LogP contribution >= 0.6 is 0 Å². The SMILES string of the molecule is COc1ccc2c(c1)CCc1c-2n[nH]c1C(=O)NCC(CN1Cc2ccccc2C1=O)c1ccccc1. The molecule has 0 radical (unpaired) electrons. The van der Waals surface area contributed by atoms with Crippen LogP contribution in [0.4, 0.5) is 0 Å². The summed E-state index contributed by atoms with van der Waals surface area (Å²) in [5.41, 5.74) is 7.38. The van der Waals surface area contributed by atoms with Crippen molar-refractivity contribution < 1.29 is 14.3 Å². The molecule has 0 saturated heterocycles. The zero-order valence-corrected chi connectivity index (χ0v) is 20.7. The first-order valence-corrected chi connectivity index (χ1v) is 12.6. The summed E-state index contributed by atoms with van der Waals surface area (Å²) >= 11 is 0. The number of aryl methyl sites for hydroxylation is 1. The summed E-state index contributed by atoms with van der Waals surface area (Å²) < 4.78 is 5.36. The van der Waals surface area contributed by atoms with Crippen molar-refractivity contribution in [1.82, 2.24) is 20.4 Å². The summed E-state index contributed by atoms with van der Waals surface area (Å²) in [4.78, 5) is 28.2. The van der Waals surface area contributed by atoms with Gasteiger partial charge in [-0.25, -0.2) is 0 Å². The molecule has 4 aromatic rings. The highest BCUT2D eigenvalue weighted by atomic mass is 16.5. The van der Waals surface area contributed by atoms with Crippen molar-refractivity contribution in [2.75, 3.05) is 20.2 Å². The van der Waals surface area contributed by atoms with Gasteiger partial charge in [0.1, 0.15) is 11.4 Å². The van der Waals surface area contributed by atoms with Crippen LogP contribution in [0.3, 0.4) is 0 Å². The van der Waals surface area contributed by atoms with Crippen LogP contribution in [0.15, 0.2) is 72.8 Å². The minimum absolute atomic E-state index is 0.0424. The van der Waals surface area contributed by atoms with E-state index in [1.54, 1.807) is 7.11 Å². The number of fused-ring (bicyclic) bond motifs is 4. The Bertz CT molecular complexity index is 1480. The molecule has 1 aliphatic carbocycles. The summed E-state index contributed by atoms with van der Waals surface area (Å²) in [6.07, 6.45) is 1.56. The van der Waals surface area contributed by atoms with Crippen molar-refractivity contribution in [2.24, 2.45) is 0 Å². The monoisotopic (exact) mass is 492 g/mol. The topological polar surface area (TPSA) is 87.3 Å². The van der Waals surface area contributed by atoms with Gasteiger partial charge in [0.15, 0.2) is 0 Å². The number of hydrogen-bond acceptors (Lipinski definition) is 4. The fourth-order valence-corrected chi connectivity index (χ4v) is 5.46. The maximum atomic E-state index is 13.3. The van der Waals surface area contributed by atoms with E-state index in [4.69, 9.17) is 4.74 Å². The molecular formula is C30H28N4O3. The second kappa shape index (κ2) is 9.58. The molecule has 186 valence electrons. The lowest BCUT2D eigenvalue weighted by Crippen LogP contribution is -2.36. The van der Waals surface area contributed by atoms with Crippen molar-refractivity contribution in [3.05, 3.63) is 106 Å². The molecule has 1 aliphatic heterocycles. The first kappa shape index (κ1) is 23.0. The van der Waals surface area contributed by atoms with E-state index in [-0.39, 0.29) is 17.7 Å². The molecule has 2 heterocycles. The third kappa shape index (κ3) is 4.27. The number of ether oxygens (including phenoxy) is 1. The Balaban J connectivity index is 1.20. The van der Waals surface area contributed by atoms with Crippen LogP contribution in [0.5, 0.6) is 5.75 Å². The molecule has 1 aromatic heterocycles. The highest BCUT2D eigenvalue weighted by Crippen LogP contribution is 2.35. The number of H-pyrrole nitrogens is 1. The van der Waals surface area contributed by atoms with Crippen LogP contribution in [0, 0.1) is 0 Å². The molecule has 6 rings (SSSR count). The largest absolute Gasteiger partial charge is 0.497 e. The summed E-state index contributed by atoms with van der Waals surface area (Å²) in [5, 5.41) is 10.6. The van der Waals surface area contributed by atoms with Gasteiger partial charge in [-0.15, -0.1) is 0 Å². The van der Waals surface area contributed by atoms with Crippen molar-refractivity contribution in [2.45, 2.75) is 25.3 Å². The normalized spacial score (nSPS) is 14.5. The predicted molar refractivity (Wildman–Crippen MR) is 141 cm³/mol. The number of rotatable bonds is 7. The van der Waals surface area contributed by atoms with Crippen LogP contribution in [0.25, 0.3) is 11.3 Å². The highest BCUT2D eigenvalue weighted by molar-refractivity contribution is 5.98. The number of nitrogens with zero attached hydrogens (tertiary/aromatic N) is 2. The number of aromatic amines is 1. The van der Waals surface area contributed by atoms with E-state index in [0.717, 1.165) is 52.1 Å². The lowest BCUT2D eigenvalue weighted by molar-refractivity contribution is 0.0767. The van der Waals surface area contributed by atoms with E-state index in [2.05, 4.69) is 15.5 Å². The van der Waals surface area contributed by atoms with Gasteiger partial charge in [-0.05, 0) is 53.8 Å². The Morgan fingerprint density at radius 3 is 2.65 bits per heavy atom. The van der Waals surface area contributed by atoms with E-state index >= 15 is 0 Å². The minimum atomic E-state index is -0.178. The molecule has 0 saturated carbocycles. The molecule has 2 amide bonds. The zero-order valence-electron chi connectivity index (χ0n) is 20.7. The number of carbonyl (C=O) groups excluding carboxylic acids is 2. The smallest absolute Gasteiger partial charge is 0.269 e. The molecule has 7 heteroatoms. The quantitative estimate of drug-likeness (QED) is 0.402.